The van der Waals surface area contributed by atoms with Gasteiger partial charge in [0.1, 0.15) is 18.5 Å². The van der Waals surface area contributed by atoms with Crippen LogP contribution in [0.25, 0.3) is 0 Å². The first-order valence-corrected chi connectivity index (χ1v) is 9.18. The monoisotopic (exact) mass is 370 g/mol. The van der Waals surface area contributed by atoms with E-state index < -0.39 is 0 Å². The lowest BCUT2D eigenvalue weighted by Gasteiger charge is -2.33. The molecule has 1 aliphatic heterocycles. The van der Waals surface area contributed by atoms with Crippen molar-refractivity contribution < 1.29 is 19.0 Å². The summed E-state index contributed by atoms with van der Waals surface area (Å²) in [7, 11) is 1.62. The molecule has 2 unspecified atom stereocenters. The van der Waals surface area contributed by atoms with Gasteiger partial charge in [-0.15, -0.1) is 0 Å². The Hall–Kier alpha value is -2.73. The summed E-state index contributed by atoms with van der Waals surface area (Å²) >= 11 is 0. The number of ether oxygens (including phenoxy) is 3. The van der Waals surface area contributed by atoms with Gasteiger partial charge in [-0.05, 0) is 49.9 Å². The van der Waals surface area contributed by atoms with E-state index in [0.29, 0.717) is 13.2 Å². The van der Waals surface area contributed by atoms with Crippen LogP contribution in [0.3, 0.4) is 0 Å². The number of carbonyl (C=O) groups excluding carboxylic acids is 1. The van der Waals surface area contributed by atoms with Crippen molar-refractivity contribution in [1.29, 1.82) is 0 Å². The molecule has 1 aliphatic rings. The standard InChI is InChI=1S/C21H26N2O4/c1-4-23(13-18-14-26-19-7-5-6-8-20(19)27-18)15(2)21(24)22-16-9-11-17(25-3)12-10-16/h5-12,15,18H,4,13-14H2,1-3H3,(H,22,24). The summed E-state index contributed by atoms with van der Waals surface area (Å²) in [6.07, 6.45) is -0.115. The van der Waals surface area contributed by atoms with E-state index in [1.165, 1.54) is 0 Å². The predicted molar refractivity (Wildman–Crippen MR) is 105 cm³/mol. The number of para-hydroxylation sites is 2. The number of benzene rings is 2. The molecule has 1 amide bonds. The van der Waals surface area contributed by atoms with Crippen LogP contribution in [-0.4, -0.2) is 49.8 Å². The van der Waals surface area contributed by atoms with E-state index in [2.05, 4.69) is 10.2 Å². The van der Waals surface area contributed by atoms with Crippen molar-refractivity contribution in [3.05, 3.63) is 48.5 Å². The van der Waals surface area contributed by atoms with Crippen LogP contribution in [0, 0.1) is 0 Å². The zero-order valence-corrected chi connectivity index (χ0v) is 16.0. The van der Waals surface area contributed by atoms with Crippen molar-refractivity contribution >= 4 is 11.6 Å². The molecule has 2 aromatic carbocycles. The number of amides is 1. The summed E-state index contributed by atoms with van der Waals surface area (Å²) in [5, 5.41) is 2.95. The number of carbonyl (C=O) groups is 1. The van der Waals surface area contributed by atoms with Crippen LogP contribution in [0.5, 0.6) is 17.2 Å². The first-order valence-electron chi connectivity index (χ1n) is 9.18. The van der Waals surface area contributed by atoms with Crippen molar-refractivity contribution in [2.75, 3.05) is 32.1 Å². The van der Waals surface area contributed by atoms with Gasteiger partial charge in [-0.1, -0.05) is 19.1 Å². The molecule has 27 heavy (non-hydrogen) atoms. The van der Waals surface area contributed by atoms with Gasteiger partial charge in [-0.25, -0.2) is 0 Å². The lowest BCUT2D eigenvalue weighted by atomic mass is 10.2. The van der Waals surface area contributed by atoms with Crippen LogP contribution in [0.4, 0.5) is 5.69 Å². The Kier molecular flexibility index (Phi) is 6.19. The fraction of sp³-hybridized carbons (Fsp3) is 0.381. The number of methoxy groups -OCH3 is 1. The second-order valence-electron chi connectivity index (χ2n) is 6.48. The third-order valence-electron chi connectivity index (χ3n) is 4.70. The van der Waals surface area contributed by atoms with Crippen molar-refractivity contribution in [2.45, 2.75) is 26.0 Å². The molecule has 1 heterocycles. The minimum atomic E-state index is -0.294. The number of rotatable bonds is 7. The molecule has 6 nitrogen and oxygen atoms in total. The highest BCUT2D eigenvalue weighted by Crippen LogP contribution is 2.31. The van der Waals surface area contributed by atoms with Gasteiger partial charge in [0, 0.05) is 12.2 Å². The summed E-state index contributed by atoms with van der Waals surface area (Å²) in [5.74, 6) is 2.22. The number of hydrogen-bond donors (Lipinski definition) is 1. The number of likely N-dealkylation sites (N-methyl/N-ethyl adjacent to an activating group) is 1. The Morgan fingerprint density at radius 1 is 1.22 bits per heavy atom. The zero-order chi connectivity index (χ0) is 19.2. The first kappa shape index (κ1) is 19.0. The van der Waals surface area contributed by atoms with Crippen molar-refractivity contribution in [3.8, 4) is 17.2 Å². The van der Waals surface area contributed by atoms with Crippen LogP contribution < -0.4 is 19.5 Å². The van der Waals surface area contributed by atoms with Gasteiger partial charge >= 0.3 is 0 Å². The van der Waals surface area contributed by atoms with Gasteiger partial charge < -0.3 is 19.5 Å². The Morgan fingerprint density at radius 3 is 2.59 bits per heavy atom. The third kappa shape index (κ3) is 4.71. The normalized spacial score (nSPS) is 16.7. The van der Waals surface area contributed by atoms with E-state index in [-0.39, 0.29) is 18.1 Å². The maximum atomic E-state index is 12.7. The second-order valence-corrected chi connectivity index (χ2v) is 6.48. The summed E-state index contributed by atoms with van der Waals surface area (Å²) in [4.78, 5) is 14.7. The van der Waals surface area contributed by atoms with Crippen LogP contribution in [-0.2, 0) is 4.79 Å². The number of nitrogens with one attached hydrogen (secondary N) is 1. The van der Waals surface area contributed by atoms with E-state index in [9.17, 15) is 4.79 Å². The highest BCUT2D eigenvalue weighted by atomic mass is 16.6. The van der Waals surface area contributed by atoms with E-state index in [1.54, 1.807) is 7.11 Å². The van der Waals surface area contributed by atoms with E-state index in [0.717, 1.165) is 29.5 Å². The third-order valence-corrected chi connectivity index (χ3v) is 4.70. The average Bonchev–Trinajstić information content (AvgIpc) is 2.72. The van der Waals surface area contributed by atoms with E-state index >= 15 is 0 Å². The van der Waals surface area contributed by atoms with Crippen LogP contribution in [0.2, 0.25) is 0 Å². The number of hydrogen-bond acceptors (Lipinski definition) is 5. The zero-order valence-electron chi connectivity index (χ0n) is 16.0. The Labute approximate surface area is 160 Å². The highest BCUT2D eigenvalue weighted by Gasteiger charge is 2.27. The van der Waals surface area contributed by atoms with Crippen molar-refractivity contribution in [1.82, 2.24) is 4.90 Å². The number of nitrogens with zero attached hydrogens (tertiary/aromatic N) is 1. The van der Waals surface area contributed by atoms with Crippen molar-refractivity contribution in [3.63, 3.8) is 0 Å². The minimum absolute atomic E-state index is 0.0563. The molecule has 0 bridgehead atoms. The Balaban J connectivity index is 1.58. The summed E-state index contributed by atoms with van der Waals surface area (Å²) in [6.45, 7) is 5.76. The Morgan fingerprint density at radius 2 is 1.93 bits per heavy atom. The molecule has 0 aliphatic carbocycles. The van der Waals surface area contributed by atoms with Gasteiger partial charge in [0.15, 0.2) is 11.5 Å². The fourth-order valence-electron chi connectivity index (χ4n) is 3.06. The lowest BCUT2D eigenvalue weighted by Crippen LogP contribution is -2.48. The average molecular weight is 370 g/mol. The lowest BCUT2D eigenvalue weighted by molar-refractivity contribution is -0.121. The molecule has 0 spiro atoms. The van der Waals surface area contributed by atoms with Gasteiger partial charge in [0.05, 0.1) is 13.2 Å². The molecular formula is C21H26N2O4. The summed E-state index contributed by atoms with van der Waals surface area (Å²) < 4.78 is 16.9. The van der Waals surface area contributed by atoms with Crippen molar-refractivity contribution in [2.24, 2.45) is 0 Å². The van der Waals surface area contributed by atoms with Gasteiger partial charge in [-0.3, -0.25) is 9.69 Å². The number of fused-ring (bicyclic) bond motifs is 1. The fourth-order valence-corrected chi connectivity index (χ4v) is 3.06. The smallest absolute Gasteiger partial charge is 0.241 e. The van der Waals surface area contributed by atoms with Gasteiger partial charge in [-0.2, -0.15) is 0 Å². The van der Waals surface area contributed by atoms with Crippen LogP contribution in [0.1, 0.15) is 13.8 Å². The predicted octanol–water partition coefficient (Wildman–Crippen LogP) is 3.18. The molecule has 0 fully saturated rings. The molecule has 2 aromatic rings. The molecule has 6 heteroatoms. The molecule has 0 radical (unpaired) electrons. The van der Waals surface area contributed by atoms with Gasteiger partial charge in [0.25, 0.3) is 0 Å². The largest absolute Gasteiger partial charge is 0.497 e. The van der Waals surface area contributed by atoms with E-state index in [4.69, 9.17) is 14.2 Å². The minimum Gasteiger partial charge on any atom is -0.497 e. The molecular weight excluding hydrogens is 344 g/mol. The Bertz CT molecular complexity index is 763. The molecule has 144 valence electrons. The summed E-state index contributed by atoms with van der Waals surface area (Å²) in [6, 6.07) is 14.7. The number of anilines is 1. The highest BCUT2D eigenvalue weighted by molar-refractivity contribution is 5.94. The van der Waals surface area contributed by atoms with Crippen LogP contribution in [0.15, 0.2) is 48.5 Å². The molecule has 0 saturated heterocycles. The summed E-state index contributed by atoms with van der Waals surface area (Å²) in [5.41, 5.74) is 0.745. The maximum Gasteiger partial charge on any atom is 0.241 e. The molecule has 0 aromatic heterocycles. The first-order chi connectivity index (χ1) is 13.1. The maximum absolute atomic E-state index is 12.7. The quantitative estimate of drug-likeness (QED) is 0.811. The second kappa shape index (κ2) is 8.77. The molecule has 0 saturated carbocycles. The SMILES string of the molecule is CCN(CC1COc2ccccc2O1)C(C)C(=O)Nc1ccc(OC)cc1. The van der Waals surface area contributed by atoms with E-state index in [1.807, 2.05) is 62.4 Å². The molecule has 1 N–H and O–H groups in total. The molecule has 3 rings (SSSR count). The topological polar surface area (TPSA) is 60.0 Å². The van der Waals surface area contributed by atoms with Crippen LogP contribution >= 0.6 is 0 Å². The van der Waals surface area contributed by atoms with Gasteiger partial charge in [0.2, 0.25) is 5.91 Å². The molecule has 2 atom stereocenters.